The van der Waals surface area contributed by atoms with Crippen molar-refractivity contribution in [2.24, 2.45) is 0 Å². The van der Waals surface area contributed by atoms with Crippen LogP contribution in [0.25, 0.3) is 0 Å². The normalized spacial score (nSPS) is 14.9. The Morgan fingerprint density at radius 1 is 1.19 bits per heavy atom. The molecule has 0 spiro atoms. The van der Waals surface area contributed by atoms with Gasteiger partial charge in [-0.15, -0.1) is 24.8 Å². The molecule has 1 aliphatic rings. The van der Waals surface area contributed by atoms with Gasteiger partial charge in [-0.1, -0.05) is 0 Å². The van der Waals surface area contributed by atoms with Gasteiger partial charge in [0.25, 0.3) is 0 Å². The molecule has 0 radical (unpaired) electrons. The number of aromatic nitrogens is 1. The van der Waals surface area contributed by atoms with E-state index in [1.54, 1.807) is 6.20 Å². The summed E-state index contributed by atoms with van der Waals surface area (Å²) in [6.45, 7) is 4.35. The summed E-state index contributed by atoms with van der Waals surface area (Å²) in [5.41, 5.74) is 7.62. The third kappa shape index (κ3) is 3.42. The minimum Gasteiger partial charge on any atom is -0.397 e. The summed E-state index contributed by atoms with van der Waals surface area (Å²) in [4.78, 5) is 6.76. The van der Waals surface area contributed by atoms with Crippen LogP contribution in [-0.4, -0.2) is 18.1 Å². The SMILES string of the molecule is Cc1cc(N)cnc1N1CCCCC1.Cl.Cl. The number of pyridine rings is 1. The molecular formula is C11H19Cl2N3. The van der Waals surface area contributed by atoms with Crippen LogP contribution >= 0.6 is 24.8 Å². The van der Waals surface area contributed by atoms with Crippen molar-refractivity contribution in [3.05, 3.63) is 17.8 Å². The van der Waals surface area contributed by atoms with Gasteiger partial charge in [0.1, 0.15) is 5.82 Å². The molecule has 0 bridgehead atoms. The molecule has 3 nitrogen and oxygen atoms in total. The molecule has 0 atom stereocenters. The van der Waals surface area contributed by atoms with Crippen molar-refractivity contribution in [2.45, 2.75) is 26.2 Å². The Morgan fingerprint density at radius 2 is 1.81 bits per heavy atom. The second-order valence-electron chi connectivity index (χ2n) is 3.96. The Bertz CT molecular complexity index is 325. The van der Waals surface area contributed by atoms with Gasteiger partial charge in [0, 0.05) is 13.1 Å². The molecule has 16 heavy (non-hydrogen) atoms. The van der Waals surface area contributed by atoms with E-state index in [0.29, 0.717) is 0 Å². The van der Waals surface area contributed by atoms with Crippen LogP contribution in [0, 0.1) is 6.92 Å². The molecule has 0 aromatic carbocycles. The first-order valence-corrected chi connectivity index (χ1v) is 5.24. The second kappa shape index (κ2) is 6.81. The Labute approximate surface area is 109 Å². The van der Waals surface area contributed by atoms with Crippen LogP contribution in [0.4, 0.5) is 11.5 Å². The smallest absolute Gasteiger partial charge is 0.131 e. The van der Waals surface area contributed by atoms with Gasteiger partial charge in [-0.05, 0) is 37.8 Å². The lowest BCUT2D eigenvalue weighted by Crippen LogP contribution is -2.30. The maximum absolute atomic E-state index is 5.68. The highest BCUT2D eigenvalue weighted by Crippen LogP contribution is 2.22. The summed E-state index contributed by atoms with van der Waals surface area (Å²) in [5, 5.41) is 0. The fourth-order valence-electron chi connectivity index (χ4n) is 2.03. The first-order chi connectivity index (χ1) is 6.77. The van der Waals surface area contributed by atoms with Gasteiger partial charge in [-0.3, -0.25) is 0 Å². The van der Waals surface area contributed by atoms with E-state index in [1.165, 1.54) is 24.8 Å². The van der Waals surface area contributed by atoms with Crippen molar-refractivity contribution in [2.75, 3.05) is 23.7 Å². The van der Waals surface area contributed by atoms with E-state index < -0.39 is 0 Å². The fourth-order valence-corrected chi connectivity index (χ4v) is 2.03. The van der Waals surface area contributed by atoms with E-state index in [4.69, 9.17) is 5.73 Å². The minimum absolute atomic E-state index is 0. The fraction of sp³-hybridized carbons (Fsp3) is 0.545. The number of anilines is 2. The Morgan fingerprint density at radius 3 is 2.38 bits per heavy atom. The van der Waals surface area contributed by atoms with Crippen LogP contribution in [0.3, 0.4) is 0 Å². The lowest BCUT2D eigenvalue weighted by atomic mass is 10.1. The maximum atomic E-state index is 5.68. The van der Waals surface area contributed by atoms with E-state index >= 15 is 0 Å². The Balaban J connectivity index is 0.00000112. The summed E-state index contributed by atoms with van der Waals surface area (Å²) in [6, 6.07) is 2.00. The van der Waals surface area contributed by atoms with Crippen LogP contribution in [0.2, 0.25) is 0 Å². The van der Waals surface area contributed by atoms with E-state index in [9.17, 15) is 0 Å². The number of hydrogen-bond acceptors (Lipinski definition) is 3. The molecule has 5 heteroatoms. The van der Waals surface area contributed by atoms with Gasteiger partial charge < -0.3 is 10.6 Å². The second-order valence-corrected chi connectivity index (χ2v) is 3.96. The van der Waals surface area contributed by atoms with E-state index in [-0.39, 0.29) is 24.8 Å². The van der Waals surface area contributed by atoms with Crippen molar-refractivity contribution in [1.82, 2.24) is 4.98 Å². The molecule has 1 aromatic rings. The highest BCUT2D eigenvalue weighted by atomic mass is 35.5. The van der Waals surface area contributed by atoms with Crippen LogP contribution in [-0.2, 0) is 0 Å². The van der Waals surface area contributed by atoms with Gasteiger partial charge in [0.15, 0.2) is 0 Å². The molecule has 0 saturated carbocycles. The number of aryl methyl sites for hydroxylation is 1. The lowest BCUT2D eigenvalue weighted by molar-refractivity contribution is 0.572. The molecule has 1 saturated heterocycles. The zero-order valence-electron chi connectivity index (χ0n) is 9.48. The highest BCUT2D eigenvalue weighted by molar-refractivity contribution is 5.85. The average molecular weight is 264 g/mol. The number of halogens is 2. The summed E-state index contributed by atoms with van der Waals surface area (Å²) >= 11 is 0. The number of nitrogens with two attached hydrogens (primary N) is 1. The zero-order chi connectivity index (χ0) is 9.97. The Hall–Kier alpha value is -0.670. The first-order valence-electron chi connectivity index (χ1n) is 5.24. The van der Waals surface area contributed by atoms with Crippen LogP contribution in [0.1, 0.15) is 24.8 Å². The van der Waals surface area contributed by atoms with Crippen molar-refractivity contribution in [3.63, 3.8) is 0 Å². The van der Waals surface area contributed by atoms with Gasteiger partial charge in [0.2, 0.25) is 0 Å². The number of rotatable bonds is 1. The average Bonchev–Trinajstić information content (AvgIpc) is 2.19. The molecule has 2 heterocycles. The molecule has 0 unspecified atom stereocenters. The molecule has 2 rings (SSSR count). The van der Waals surface area contributed by atoms with Gasteiger partial charge in [-0.25, -0.2) is 4.98 Å². The highest BCUT2D eigenvalue weighted by Gasteiger charge is 2.13. The van der Waals surface area contributed by atoms with Crippen LogP contribution in [0.5, 0.6) is 0 Å². The summed E-state index contributed by atoms with van der Waals surface area (Å²) in [6.07, 6.45) is 5.67. The number of nitrogens with zero attached hydrogens (tertiary/aromatic N) is 2. The van der Waals surface area contributed by atoms with Crippen LogP contribution < -0.4 is 10.6 Å². The molecule has 92 valence electrons. The van der Waals surface area contributed by atoms with E-state index in [1.807, 2.05) is 6.07 Å². The molecule has 0 amide bonds. The first kappa shape index (κ1) is 15.3. The van der Waals surface area contributed by atoms with Crippen molar-refractivity contribution in [1.29, 1.82) is 0 Å². The summed E-state index contributed by atoms with van der Waals surface area (Å²) in [7, 11) is 0. The predicted molar refractivity (Wildman–Crippen MR) is 73.9 cm³/mol. The summed E-state index contributed by atoms with van der Waals surface area (Å²) in [5.74, 6) is 1.11. The van der Waals surface area contributed by atoms with Crippen molar-refractivity contribution < 1.29 is 0 Å². The summed E-state index contributed by atoms with van der Waals surface area (Å²) < 4.78 is 0. The zero-order valence-corrected chi connectivity index (χ0v) is 11.1. The van der Waals surface area contributed by atoms with Crippen molar-refractivity contribution >= 4 is 36.3 Å². The monoisotopic (exact) mass is 263 g/mol. The molecule has 0 aliphatic carbocycles. The predicted octanol–water partition coefficient (Wildman–Crippen LogP) is 2.81. The quantitative estimate of drug-likeness (QED) is 0.848. The van der Waals surface area contributed by atoms with Gasteiger partial charge in [-0.2, -0.15) is 0 Å². The molecule has 1 aromatic heterocycles. The van der Waals surface area contributed by atoms with Crippen LogP contribution in [0.15, 0.2) is 12.3 Å². The number of hydrogen-bond donors (Lipinski definition) is 1. The lowest BCUT2D eigenvalue weighted by Gasteiger charge is -2.28. The van der Waals surface area contributed by atoms with Crippen molar-refractivity contribution in [3.8, 4) is 0 Å². The maximum Gasteiger partial charge on any atom is 0.131 e. The third-order valence-corrected chi connectivity index (χ3v) is 2.73. The molecule has 1 aliphatic heterocycles. The molecular weight excluding hydrogens is 245 g/mol. The largest absolute Gasteiger partial charge is 0.397 e. The molecule has 1 fully saturated rings. The van der Waals surface area contributed by atoms with Gasteiger partial charge in [0.05, 0.1) is 11.9 Å². The minimum atomic E-state index is 0. The topological polar surface area (TPSA) is 42.1 Å². The van der Waals surface area contributed by atoms with E-state index in [0.717, 1.165) is 24.6 Å². The Kier molecular flexibility index (Phi) is 6.53. The standard InChI is InChI=1S/C11H17N3.2ClH/c1-9-7-10(12)8-13-11(9)14-5-3-2-4-6-14;;/h7-8H,2-6,12H2,1H3;2*1H. The van der Waals surface area contributed by atoms with Gasteiger partial charge >= 0.3 is 0 Å². The number of piperidine rings is 1. The molecule has 2 N–H and O–H groups in total. The number of nitrogen functional groups attached to an aromatic ring is 1. The third-order valence-electron chi connectivity index (χ3n) is 2.73. The van der Waals surface area contributed by atoms with E-state index in [2.05, 4.69) is 16.8 Å².